The van der Waals surface area contributed by atoms with Crippen LogP contribution in [0.5, 0.6) is 0 Å². The Morgan fingerprint density at radius 3 is 2.36 bits per heavy atom. The molecule has 3 N–H and O–H groups in total. The van der Waals surface area contributed by atoms with Crippen LogP contribution in [0.1, 0.15) is 12.8 Å². The van der Waals surface area contributed by atoms with E-state index in [1.165, 1.54) is 6.08 Å². The summed E-state index contributed by atoms with van der Waals surface area (Å²) in [6.45, 7) is 3.77. The fourth-order valence-corrected chi connectivity index (χ4v) is 0.806. The third kappa shape index (κ3) is 7.57. The fourth-order valence-electron chi connectivity index (χ4n) is 0.806. The molecule has 6 heteroatoms. The van der Waals surface area contributed by atoms with Gasteiger partial charge in [-0.1, -0.05) is 6.08 Å². The summed E-state index contributed by atoms with van der Waals surface area (Å²) in [5.74, 6) is -2.03. The van der Waals surface area contributed by atoms with Crippen molar-refractivity contribution in [1.82, 2.24) is 5.32 Å². The van der Waals surface area contributed by atoms with Crippen molar-refractivity contribution in [3.05, 3.63) is 12.7 Å². The first-order valence-corrected chi connectivity index (χ1v) is 3.86. The highest BCUT2D eigenvalue weighted by Crippen LogP contribution is 1.97. The van der Waals surface area contributed by atoms with Crippen LogP contribution in [-0.4, -0.2) is 34.7 Å². The van der Waals surface area contributed by atoms with Gasteiger partial charge in [0.05, 0.1) is 0 Å². The van der Waals surface area contributed by atoms with Gasteiger partial charge in [-0.15, -0.1) is 19.0 Å². The van der Waals surface area contributed by atoms with Gasteiger partial charge in [0.2, 0.25) is 0 Å². The standard InChI is InChI=1S/C8H13NO4.ClH/c1-2-5-9-6(8(12)13)3-4-7(10)11;/h2,6,9H,1,3-5H2,(H,10,11)(H,12,13);1H/t6-;/m0./s1. The van der Waals surface area contributed by atoms with Gasteiger partial charge in [-0.05, 0) is 6.42 Å². The molecule has 0 rings (SSSR count). The van der Waals surface area contributed by atoms with Crippen LogP contribution in [-0.2, 0) is 9.59 Å². The Kier molecular flexibility index (Phi) is 9.38. The highest BCUT2D eigenvalue weighted by molar-refractivity contribution is 5.85. The third-order valence-corrected chi connectivity index (χ3v) is 1.45. The highest BCUT2D eigenvalue weighted by atomic mass is 35.5. The van der Waals surface area contributed by atoms with Crippen LogP contribution >= 0.6 is 12.4 Å². The van der Waals surface area contributed by atoms with Crippen molar-refractivity contribution in [3.8, 4) is 0 Å². The molecule has 0 radical (unpaired) electrons. The molecule has 82 valence electrons. The van der Waals surface area contributed by atoms with Crippen LogP contribution in [0, 0.1) is 0 Å². The molecule has 0 aromatic heterocycles. The van der Waals surface area contributed by atoms with Crippen molar-refractivity contribution < 1.29 is 19.8 Å². The lowest BCUT2D eigenvalue weighted by Crippen LogP contribution is -2.37. The van der Waals surface area contributed by atoms with E-state index in [4.69, 9.17) is 10.2 Å². The van der Waals surface area contributed by atoms with Crippen molar-refractivity contribution in [2.75, 3.05) is 6.54 Å². The Morgan fingerprint density at radius 2 is 2.00 bits per heavy atom. The Hall–Kier alpha value is -1.07. The zero-order chi connectivity index (χ0) is 10.3. The van der Waals surface area contributed by atoms with Crippen LogP contribution in [0.25, 0.3) is 0 Å². The van der Waals surface area contributed by atoms with Gasteiger partial charge in [-0.2, -0.15) is 0 Å². The van der Waals surface area contributed by atoms with Gasteiger partial charge in [0, 0.05) is 13.0 Å². The third-order valence-electron chi connectivity index (χ3n) is 1.45. The number of hydrogen-bond donors (Lipinski definition) is 3. The molecule has 0 fully saturated rings. The Morgan fingerprint density at radius 1 is 1.43 bits per heavy atom. The van der Waals surface area contributed by atoms with Crippen molar-refractivity contribution >= 4 is 24.3 Å². The molecule has 0 spiro atoms. The van der Waals surface area contributed by atoms with Crippen molar-refractivity contribution in [2.24, 2.45) is 0 Å². The molecule has 14 heavy (non-hydrogen) atoms. The molecular formula is C8H14ClNO4. The maximum atomic E-state index is 10.5. The zero-order valence-corrected chi connectivity index (χ0v) is 8.42. The number of carboxylic acid groups (broad SMARTS) is 2. The molecule has 0 amide bonds. The minimum atomic E-state index is -1.04. The van der Waals surface area contributed by atoms with E-state index in [2.05, 4.69) is 11.9 Å². The normalized spacial score (nSPS) is 11.1. The Balaban J connectivity index is 0. The smallest absolute Gasteiger partial charge is 0.320 e. The predicted octanol–water partition coefficient (Wildman–Crippen LogP) is 0.502. The van der Waals surface area contributed by atoms with Crippen LogP contribution in [0.15, 0.2) is 12.7 Å². The summed E-state index contributed by atoms with van der Waals surface area (Å²) in [7, 11) is 0. The Bertz CT molecular complexity index is 208. The average molecular weight is 224 g/mol. The summed E-state index contributed by atoms with van der Waals surface area (Å²) < 4.78 is 0. The molecule has 1 atom stereocenters. The molecular weight excluding hydrogens is 210 g/mol. The lowest BCUT2D eigenvalue weighted by atomic mass is 10.1. The molecule has 0 aliphatic heterocycles. The first-order chi connectivity index (χ1) is 6.07. The highest BCUT2D eigenvalue weighted by Gasteiger charge is 2.16. The van der Waals surface area contributed by atoms with Crippen molar-refractivity contribution in [3.63, 3.8) is 0 Å². The van der Waals surface area contributed by atoms with Crippen LogP contribution in [0.2, 0.25) is 0 Å². The van der Waals surface area contributed by atoms with E-state index < -0.39 is 18.0 Å². The van der Waals surface area contributed by atoms with E-state index in [1.807, 2.05) is 0 Å². The SMILES string of the molecule is C=CCN[C@@H](CCC(=O)O)C(=O)O.Cl. The van der Waals surface area contributed by atoms with Gasteiger partial charge in [0.25, 0.3) is 0 Å². The molecule has 0 aromatic rings. The van der Waals surface area contributed by atoms with Gasteiger partial charge in [0.15, 0.2) is 0 Å². The molecule has 0 saturated heterocycles. The summed E-state index contributed by atoms with van der Waals surface area (Å²) in [4.78, 5) is 20.7. The molecule has 0 aliphatic rings. The number of carbonyl (C=O) groups is 2. The lowest BCUT2D eigenvalue weighted by Gasteiger charge is -2.10. The van der Waals surface area contributed by atoms with Crippen LogP contribution in [0.4, 0.5) is 0 Å². The van der Waals surface area contributed by atoms with Crippen LogP contribution in [0.3, 0.4) is 0 Å². The molecule has 0 heterocycles. The quantitative estimate of drug-likeness (QED) is 0.548. The first kappa shape index (κ1) is 15.4. The number of carboxylic acids is 2. The molecule has 0 saturated carbocycles. The topological polar surface area (TPSA) is 86.6 Å². The minimum Gasteiger partial charge on any atom is -0.481 e. The number of halogens is 1. The molecule has 0 bridgehead atoms. The van der Waals surface area contributed by atoms with Crippen molar-refractivity contribution in [2.45, 2.75) is 18.9 Å². The fraction of sp³-hybridized carbons (Fsp3) is 0.500. The Labute approximate surface area is 88.2 Å². The maximum Gasteiger partial charge on any atom is 0.320 e. The summed E-state index contributed by atoms with van der Waals surface area (Å²) >= 11 is 0. The van der Waals surface area contributed by atoms with E-state index in [9.17, 15) is 9.59 Å². The van der Waals surface area contributed by atoms with Gasteiger partial charge >= 0.3 is 11.9 Å². The maximum absolute atomic E-state index is 10.5. The lowest BCUT2D eigenvalue weighted by molar-refractivity contribution is -0.140. The number of hydrogen-bond acceptors (Lipinski definition) is 3. The van der Waals surface area contributed by atoms with E-state index in [0.29, 0.717) is 6.54 Å². The zero-order valence-electron chi connectivity index (χ0n) is 7.60. The van der Waals surface area contributed by atoms with Gasteiger partial charge < -0.3 is 15.5 Å². The first-order valence-electron chi connectivity index (χ1n) is 3.86. The van der Waals surface area contributed by atoms with E-state index in [-0.39, 0.29) is 25.2 Å². The number of rotatable bonds is 7. The number of aliphatic carboxylic acids is 2. The van der Waals surface area contributed by atoms with E-state index in [1.54, 1.807) is 0 Å². The molecule has 5 nitrogen and oxygen atoms in total. The summed E-state index contributed by atoms with van der Waals surface area (Å²) in [6.07, 6.45) is 1.45. The summed E-state index contributed by atoms with van der Waals surface area (Å²) in [6, 6.07) is -0.811. The number of nitrogens with one attached hydrogen (secondary N) is 1. The summed E-state index contributed by atoms with van der Waals surface area (Å²) in [5.41, 5.74) is 0. The molecule has 0 aliphatic carbocycles. The second-order valence-electron chi connectivity index (χ2n) is 2.52. The second-order valence-corrected chi connectivity index (χ2v) is 2.52. The van der Waals surface area contributed by atoms with Crippen LogP contribution < -0.4 is 5.32 Å². The van der Waals surface area contributed by atoms with E-state index in [0.717, 1.165) is 0 Å². The minimum absolute atomic E-state index is 0. The van der Waals surface area contributed by atoms with Gasteiger partial charge in [-0.3, -0.25) is 9.59 Å². The monoisotopic (exact) mass is 223 g/mol. The molecule has 0 unspecified atom stereocenters. The van der Waals surface area contributed by atoms with Crippen molar-refractivity contribution in [1.29, 1.82) is 0 Å². The average Bonchev–Trinajstić information content (AvgIpc) is 2.03. The van der Waals surface area contributed by atoms with Gasteiger partial charge in [-0.25, -0.2) is 0 Å². The second kappa shape index (κ2) is 8.52. The summed E-state index contributed by atoms with van der Waals surface area (Å²) in [5, 5.41) is 19.6. The predicted molar refractivity (Wildman–Crippen MR) is 53.7 cm³/mol. The largest absolute Gasteiger partial charge is 0.481 e. The molecule has 0 aromatic carbocycles. The van der Waals surface area contributed by atoms with E-state index >= 15 is 0 Å². The van der Waals surface area contributed by atoms with Gasteiger partial charge in [0.1, 0.15) is 6.04 Å².